The van der Waals surface area contributed by atoms with Crippen LogP contribution in [0.15, 0.2) is 24.3 Å². The van der Waals surface area contributed by atoms with Crippen LogP contribution in [0.4, 0.5) is 24.7 Å². The molecule has 4 heterocycles. The topological polar surface area (TPSA) is 143 Å². The number of piperidine rings is 1. The van der Waals surface area contributed by atoms with E-state index in [1.54, 1.807) is 6.07 Å². The second-order valence-corrected chi connectivity index (χ2v) is 14.8. The number of rotatable bonds is 5. The minimum absolute atomic E-state index is 0.0319. The monoisotopic (exact) mass is 706 g/mol. The number of hydrogen-bond donors (Lipinski definition) is 2. The van der Waals surface area contributed by atoms with Crippen LogP contribution in [-0.4, -0.2) is 61.0 Å². The quantitative estimate of drug-likeness (QED) is 0.303. The lowest BCUT2D eigenvalue weighted by Gasteiger charge is -2.27. The molecule has 0 radical (unpaired) electrons. The standard InChI is InChI=1S/C37H41F3N6O5/c1-20-9-12-28(37(38,39)40)42-33(20)43-35(51)27-17-36-14-13-25(48)8-6-4-3-5-7-23-15-24(41-34(50)22-10-11-22)16-26-31(21(2)47)44-45(32(23)26)19-30(49)46(27)29(36)18-36/h9,12,15-16,22,27,29H,3-8,10-11,13-14,17-19H2,1-2H3,(H,41,50)(H,42,43,51)/t27-,29+,36-/m0/s1. The highest BCUT2D eigenvalue weighted by molar-refractivity contribution is 6.08. The van der Waals surface area contributed by atoms with E-state index in [-0.39, 0.29) is 53.9 Å². The van der Waals surface area contributed by atoms with Gasteiger partial charge in [0.1, 0.15) is 35.6 Å². The van der Waals surface area contributed by atoms with E-state index in [1.807, 2.05) is 6.07 Å². The van der Waals surface area contributed by atoms with Gasteiger partial charge in [0.15, 0.2) is 5.78 Å². The van der Waals surface area contributed by atoms with E-state index in [1.165, 1.54) is 29.5 Å². The average molecular weight is 707 g/mol. The van der Waals surface area contributed by atoms with E-state index in [0.717, 1.165) is 50.2 Å². The maximum atomic E-state index is 14.4. The van der Waals surface area contributed by atoms with Crippen LogP contribution < -0.4 is 10.6 Å². The van der Waals surface area contributed by atoms with Crippen LogP contribution in [0.1, 0.15) is 105 Å². The Bertz CT molecular complexity index is 1950. The number of carbonyl (C=O) groups excluding carboxylic acids is 5. The Labute approximate surface area is 292 Å². The molecule has 2 aliphatic carbocycles. The third-order valence-corrected chi connectivity index (χ3v) is 10.9. The highest BCUT2D eigenvalue weighted by atomic mass is 19.4. The normalized spacial score (nSPS) is 24.2. The molecule has 2 aromatic heterocycles. The zero-order valence-corrected chi connectivity index (χ0v) is 28.7. The van der Waals surface area contributed by atoms with Crippen molar-refractivity contribution in [2.45, 2.75) is 116 Å². The predicted molar refractivity (Wildman–Crippen MR) is 181 cm³/mol. The number of aryl methyl sites for hydroxylation is 2. The summed E-state index contributed by atoms with van der Waals surface area (Å²) in [7, 11) is 0. The number of hydrogen-bond acceptors (Lipinski definition) is 7. The number of benzene rings is 1. The van der Waals surface area contributed by atoms with E-state index in [9.17, 15) is 37.1 Å². The molecule has 0 spiro atoms. The van der Waals surface area contributed by atoms with Crippen LogP contribution in [0.25, 0.3) is 10.9 Å². The summed E-state index contributed by atoms with van der Waals surface area (Å²) in [6, 6.07) is 4.32. The van der Waals surface area contributed by atoms with Gasteiger partial charge < -0.3 is 15.5 Å². The summed E-state index contributed by atoms with van der Waals surface area (Å²) >= 11 is 0. The molecule has 1 saturated heterocycles. The molecule has 270 valence electrons. The number of anilines is 2. The van der Waals surface area contributed by atoms with Crippen molar-refractivity contribution in [3.05, 3.63) is 46.8 Å². The fourth-order valence-corrected chi connectivity index (χ4v) is 7.94. The molecule has 2 bridgehead atoms. The molecular formula is C37H41F3N6O5. The Balaban J connectivity index is 1.25. The summed E-state index contributed by atoms with van der Waals surface area (Å²) < 4.78 is 41.9. The molecule has 2 saturated carbocycles. The fraction of sp³-hybridized carbons (Fsp3) is 0.541. The molecule has 14 heteroatoms. The van der Waals surface area contributed by atoms with E-state index >= 15 is 0 Å². The summed E-state index contributed by atoms with van der Waals surface area (Å²) in [5, 5.41) is 10.7. The third kappa shape index (κ3) is 7.01. The zero-order chi connectivity index (χ0) is 36.2. The SMILES string of the molecule is CC(=O)c1nn2c3c(cc(NC(=O)C4CC4)cc13)CCCCCCC(=O)CC[C@@]13C[C@@H](C(=O)Nc4nc(C(F)(F)F)ccc4C)N(C(=O)C2)[C@@H]1C3. The zero-order valence-electron chi connectivity index (χ0n) is 28.7. The summed E-state index contributed by atoms with van der Waals surface area (Å²) in [5.41, 5.74) is 0.853. The molecule has 7 rings (SSSR count). The number of alkyl halides is 3. The summed E-state index contributed by atoms with van der Waals surface area (Å²) in [6.45, 7) is 2.64. The number of Topliss-reactive ketones (excluding diaryl/α,β-unsaturated/α-hetero) is 2. The number of nitrogens with one attached hydrogen (secondary N) is 2. The van der Waals surface area contributed by atoms with Crippen molar-refractivity contribution >= 4 is 51.7 Å². The van der Waals surface area contributed by atoms with E-state index < -0.39 is 35.1 Å². The Morgan fingerprint density at radius 2 is 1.69 bits per heavy atom. The maximum absolute atomic E-state index is 14.4. The highest BCUT2D eigenvalue weighted by Crippen LogP contribution is 2.62. The van der Waals surface area contributed by atoms with Gasteiger partial charge in [0.05, 0.1) is 5.52 Å². The van der Waals surface area contributed by atoms with Crippen LogP contribution in [0.5, 0.6) is 0 Å². The fourth-order valence-electron chi connectivity index (χ4n) is 7.94. The van der Waals surface area contributed by atoms with Gasteiger partial charge in [-0.3, -0.25) is 28.7 Å². The van der Waals surface area contributed by atoms with Crippen LogP contribution in [0, 0.1) is 18.3 Å². The molecule has 2 aliphatic heterocycles. The third-order valence-electron chi connectivity index (χ3n) is 10.9. The second-order valence-electron chi connectivity index (χ2n) is 14.8. The first-order valence-corrected chi connectivity index (χ1v) is 17.8. The number of nitrogens with zero attached hydrogens (tertiary/aromatic N) is 4. The smallest absolute Gasteiger partial charge is 0.326 e. The number of pyridine rings is 1. The van der Waals surface area contributed by atoms with Crippen molar-refractivity contribution < 1.29 is 37.1 Å². The van der Waals surface area contributed by atoms with Gasteiger partial charge in [-0.1, -0.05) is 18.9 Å². The average Bonchev–Trinajstić information content (AvgIpc) is 3.98. The van der Waals surface area contributed by atoms with Gasteiger partial charge in [0.2, 0.25) is 17.7 Å². The molecule has 1 aromatic carbocycles. The molecule has 3 aromatic rings. The Hall–Kier alpha value is -4.62. The van der Waals surface area contributed by atoms with Crippen molar-refractivity contribution in [3.8, 4) is 0 Å². The van der Waals surface area contributed by atoms with E-state index in [4.69, 9.17) is 0 Å². The number of carbonyl (C=O) groups is 5. The number of halogens is 3. The Kier molecular flexibility index (Phi) is 8.99. The van der Waals surface area contributed by atoms with E-state index in [2.05, 4.69) is 20.7 Å². The Morgan fingerprint density at radius 3 is 2.39 bits per heavy atom. The molecule has 3 atom stereocenters. The summed E-state index contributed by atoms with van der Waals surface area (Å²) in [6.07, 6.45) is 2.91. The first kappa shape index (κ1) is 34.8. The van der Waals surface area contributed by atoms with Crippen molar-refractivity contribution in [1.82, 2.24) is 19.7 Å². The van der Waals surface area contributed by atoms with Gasteiger partial charge in [0, 0.05) is 42.8 Å². The van der Waals surface area contributed by atoms with Gasteiger partial charge in [-0.25, -0.2) is 4.98 Å². The van der Waals surface area contributed by atoms with Crippen LogP contribution in [-0.2, 0) is 38.3 Å². The number of amides is 3. The molecule has 0 unspecified atom stereocenters. The highest BCUT2D eigenvalue weighted by Gasteiger charge is 2.66. The minimum atomic E-state index is -4.71. The molecule has 11 nitrogen and oxygen atoms in total. The molecule has 3 fully saturated rings. The Morgan fingerprint density at radius 1 is 0.941 bits per heavy atom. The lowest BCUT2D eigenvalue weighted by Crippen LogP contribution is -2.47. The van der Waals surface area contributed by atoms with Gasteiger partial charge in [-0.15, -0.1) is 0 Å². The van der Waals surface area contributed by atoms with Gasteiger partial charge >= 0.3 is 6.18 Å². The number of ketones is 2. The van der Waals surface area contributed by atoms with Gasteiger partial charge in [0.25, 0.3) is 0 Å². The van der Waals surface area contributed by atoms with Crippen LogP contribution in [0.2, 0.25) is 0 Å². The van der Waals surface area contributed by atoms with E-state index in [0.29, 0.717) is 54.3 Å². The molecule has 3 amide bonds. The van der Waals surface area contributed by atoms with Crippen LogP contribution >= 0.6 is 0 Å². The first-order chi connectivity index (χ1) is 24.2. The molecule has 2 N–H and O–H groups in total. The van der Waals surface area contributed by atoms with Crippen molar-refractivity contribution in [2.75, 3.05) is 10.6 Å². The van der Waals surface area contributed by atoms with Gasteiger partial charge in [-0.05, 0) is 93.0 Å². The van der Waals surface area contributed by atoms with Crippen molar-refractivity contribution in [2.24, 2.45) is 11.3 Å². The van der Waals surface area contributed by atoms with Crippen molar-refractivity contribution in [3.63, 3.8) is 0 Å². The second kappa shape index (κ2) is 13.2. The van der Waals surface area contributed by atoms with Crippen molar-refractivity contribution in [1.29, 1.82) is 0 Å². The van der Waals surface area contributed by atoms with Crippen LogP contribution in [0.3, 0.4) is 0 Å². The summed E-state index contributed by atoms with van der Waals surface area (Å²) in [5.74, 6) is -1.61. The number of aromatic nitrogens is 3. The molecule has 4 aliphatic rings. The van der Waals surface area contributed by atoms with Gasteiger partial charge in [-0.2, -0.15) is 18.3 Å². The lowest BCUT2D eigenvalue weighted by atomic mass is 9.91. The first-order valence-electron chi connectivity index (χ1n) is 17.8. The largest absolute Gasteiger partial charge is 0.433 e. The lowest BCUT2D eigenvalue weighted by molar-refractivity contribution is -0.141. The summed E-state index contributed by atoms with van der Waals surface area (Å²) in [4.78, 5) is 71.9. The maximum Gasteiger partial charge on any atom is 0.433 e. The predicted octanol–water partition coefficient (Wildman–Crippen LogP) is 6.16. The molecular weight excluding hydrogens is 665 g/mol. The minimum Gasteiger partial charge on any atom is -0.326 e. The molecule has 51 heavy (non-hydrogen) atoms.